The van der Waals surface area contributed by atoms with Gasteiger partial charge in [-0.1, -0.05) is 6.08 Å². The molecule has 0 bridgehead atoms. The van der Waals surface area contributed by atoms with Gasteiger partial charge in [0.15, 0.2) is 5.13 Å². The molecule has 4 amide bonds. The van der Waals surface area contributed by atoms with Gasteiger partial charge >= 0.3 is 0 Å². The number of carbonyl (C=O) groups excluding carboxylic acids is 4. The van der Waals surface area contributed by atoms with E-state index in [1.165, 1.54) is 22.3 Å². The Bertz CT molecular complexity index is 2080. The Balaban J connectivity index is 1.18. The highest BCUT2D eigenvalue weighted by molar-refractivity contribution is 7.91. The van der Waals surface area contributed by atoms with Crippen LogP contribution >= 0.6 is 11.3 Å². The van der Waals surface area contributed by atoms with Crippen molar-refractivity contribution < 1.29 is 37.1 Å². The summed E-state index contributed by atoms with van der Waals surface area (Å²) in [5.41, 5.74) is 0.248. The number of benzene rings is 1. The van der Waals surface area contributed by atoms with Crippen molar-refractivity contribution >= 4 is 61.0 Å². The summed E-state index contributed by atoms with van der Waals surface area (Å²) < 4.78 is 39.6. The van der Waals surface area contributed by atoms with Crippen molar-refractivity contribution in [1.82, 2.24) is 30.2 Å². The third-order valence-corrected chi connectivity index (χ3v) is 12.7. The maximum absolute atomic E-state index is 14.2. The molecule has 0 radical (unpaired) electrons. The van der Waals surface area contributed by atoms with Crippen LogP contribution in [0.2, 0.25) is 0 Å². The first-order valence-electron chi connectivity index (χ1n) is 17.8. The van der Waals surface area contributed by atoms with E-state index in [0.717, 1.165) is 5.13 Å². The van der Waals surface area contributed by atoms with E-state index in [4.69, 9.17) is 19.4 Å². The first-order valence-corrected chi connectivity index (χ1v) is 20.2. The highest BCUT2D eigenvalue weighted by atomic mass is 32.2. The van der Waals surface area contributed by atoms with Crippen molar-refractivity contribution in [2.75, 3.05) is 19.0 Å². The van der Waals surface area contributed by atoms with Gasteiger partial charge in [0.25, 0.3) is 5.91 Å². The van der Waals surface area contributed by atoms with Crippen LogP contribution in [-0.4, -0.2) is 95.6 Å². The Labute approximate surface area is 311 Å². The lowest BCUT2D eigenvalue weighted by molar-refractivity contribution is -0.143. The fourth-order valence-electron chi connectivity index (χ4n) is 7.00. The lowest BCUT2D eigenvalue weighted by atomic mass is 10.0. The lowest BCUT2D eigenvalue weighted by Crippen LogP contribution is -2.58. The Morgan fingerprint density at radius 1 is 1.15 bits per heavy atom. The Morgan fingerprint density at radius 3 is 2.62 bits per heavy atom. The fraction of sp³-hybridized carbons (Fsp3) is 0.500. The Morgan fingerprint density at radius 2 is 1.94 bits per heavy atom. The molecule has 2 saturated carbocycles. The monoisotopic (exact) mass is 765 g/mol. The topological polar surface area (TPSA) is 198 Å². The van der Waals surface area contributed by atoms with Gasteiger partial charge < -0.3 is 30.3 Å². The van der Waals surface area contributed by atoms with Crippen LogP contribution in [0.4, 0.5) is 5.13 Å². The lowest BCUT2D eigenvalue weighted by Gasteiger charge is -2.31. The van der Waals surface area contributed by atoms with Crippen LogP contribution in [0.5, 0.6) is 11.5 Å². The number of fused-ring (bicyclic) bond motifs is 1. The molecule has 4 aliphatic rings. The minimum absolute atomic E-state index is 0.0118. The molecule has 2 aromatic heterocycles. The van der Waals surface area contributed by atoms with Crippen LogP contribution in [-0.2, 0) is 29.2 Å². The molecule has 4 heterocycles. The number of nitrogens with zero attached hydrogens (tertiary/aromatic N) is 3. The number of rotatable bonds is 13. The van der Waals surface area contributed by atoms with Gasteiger partial charge in [0, 0.05) is 47.7 Å². The smallest absolute Gasteiger partial charge is 0.259 e. The number of piperidine rings is 1. The number of hydrogen-bond acceptors (Lipinski definition) is 12. The third-order valence-electron chi connectivity index (χ3n) is 10.1. The van der Waals surface area contributed by atoms with Gasteiger partial charge in [0.05, 0.1) is 30.1 Å². The molecular weight excluding hydrogens is 723 g/mol. The predicted octanol–water partition coefficient (Wildman–Crippen LogP) is 2.87. The summed E-state index contributed by atoms with van der Waals surface area (Å²) >= 11 is 1.45. The molecule has 1 aromatic carbocycles. The fourth-order valence-corrected chi connectivity index (χ4v) is 9.22. The van der Waals surface area contributed by atoms with Gasteiger partial charge in [-0.3, -0.25) is 23.9 Å². The molecule has 4 fully saturated rings. The van der Waals surface area contributed by atoms with Gasteiger partial charge in [-0.25, -0.2) is 18.4 Å². The van der Waals surface area contributed by atoms with E-state index in [1.54, 1.807) is 25.3 Å². The highest BCUT2D eigenvalue weighted by Crippen LogP contribution is 2.46. The maximum Gasteiger partial charge on any atom is 0.259 e. The number of thiazole rings is 1. The molecule has 3 aromatic rings. The van der Waals surface area contributed by atoms with Gasteiger partial charge in [0.1, 0.15) is 40.9 Å². The Kier molecular flexibility index (Phi) is 9.82. The van der Waals surface area contributed by atoms with Crippen molar-refractivity contribution in [3.8, 4) is 22.9 Å². The van der Waals surface area contributed by atoms with E-state index in [2.05, 4.69) is 27.3 Å². The standard InChI is InChI=1S/C36H43N7O8S2/c1-5-20-16-36(20,34(47)42-53(48,49)23-10-11-23)41-32(45)29-14-22(17-43(29)33(46)25-7-6-8-31(44)39-25)51-30-15-27(28-18-52-35(40-28)37-19(2)3)38-26-13-21(50-4)9-12-24(26)30/h5,9,12-13,15,18-20,22-23,25,29H,1,6-8,10-11,14,16-17H2,2-4H3,(H,37,40)(H,39,44)(H,41,45)(H,42,47)/t20-,22-,25+,29+,36-/m1/s1. The number of hydrogen-bond donors (Lipinski definition) is 4. The summed E-state index contributed by atoms with van der Waals surface area (Å²) in [7, 11) is -2.32. The number of methoxy groups -OCH3 is 1. The number of pyridine rings is 1. The molecule has 53 heavy (non-hydrogen) atoms. The second-order valence-corrected chi connectivity index (χ2v) is 17.2. The normalized spacial score (nSPS) is 25.4. The average Bonchev–Trinajstić information content (AvgIpc) is 4.02. The maximum atomic E-state index is 14.2. The summed E-state index contributed by atoms with van der Waals surface area (Å²) in [6.07, 6.45) is 3.21. The first-order chi connectivity index (χ1) is 25.3. The summed E-state index contributed by atoms with van der Waals surface area (Å²) in [6, 6.07) is 5.46. The van der Waals surface area contributed by atoms with E-state index in [0.29, 0.717) is 65.9 Å². The van der Waals surface area contributed by atoms with Crippen LogP contribution in [0.25, 0.3) is 22.3 Å². The number of aromatic nitrogens is 2. The van der Waals surface area contributed by atoms with E-state index in [9.17, 15) is 27.6 Å². The van der Waals surface area contributed by atoms with Gasteiger partial charge in [-0.05, 0) is 58.1 Å². The van der Waals surface area contributed by atoms with E-state index >= 15 is 0 Å². The Hall–Kier alpha value is -4.77. The number of ether oxygens (including phenoxy) is 2. The zero-order valence-corrected chi connectivity index (χ0v) is 31.3. The summed E-state index contributed by atoms with van der Waals surface area (Å²) in [4.78, 5) is 64.9. The molecule has 282 valence electrons. The zero-order valence-electron chi connectivity index (χ0n) is 29.7. The molecule has 2 aliphatic carbocycles. The summed E-state index contributed by atoms with van der Waals surface area (Å²) in [5.74, 6) is -1.60. The van der Waals surface area contributed by atoms with Gasteiger partial charge in [0.2, 0.25) is 27.7 Å². The molecule has 7 rings (SSSR count). The largest absolute Gasteiger partial charge is 0.497 e. The van der Waals surface area contributed by atoms with E-state index in [-0.39, 0.29) is 31.3 Å². The number of likely N-dealkylation sites (tertiary alicyclic amines) is 1. The molecule has 2 saturated heterocycles. The van der Waals surface area contributed by atoms with Crippen molar-refractivity contribution in [2.24, 2.45) is 5.92 Å². The average molecular weight is 766 g/mol. The molecule has 15 nitrogen and oxygen atoms in total. The zero-order chi connectivity index (χ0) is 37.7. The number of sulfonamides is 1. The molecule has 0 spiro atoms. The van der Waals surface area contributed by atoms with Crippen LogP contribution in [0.3, 0.4) is 0 Å². The van der Waals surface area contributed by atoms with E-state index < -0.39 is 62.6 Å². The second kappa shape index (κ2) is 14.2. The third kappa shape index (κ3) is 7.54. The predicted molar refractivity (Wildman–Crippen MR) is 198 cm³/mol. The van der Waals surface area contributed by atoms with Crippen LogP contribution < -0.4 is 30.1 Å². The second-order valence-electron chi connectivity index (χ2n) is 14.4. The van der Waals surface area contributed by atoms with Crippen LogP contribution in [0.1, 0.15) is 58.8 Å². The molecular formula is C36H43N7O8S2. The van der Waals surface area contributed by atoms with Crippen molar-refractivity contribution in [3.05, 3.63) is 42.3 Å². The number of nitrogens with one attached hydrogen (secondary N) is 4. The molecule has 0 unspecified atom stereocenters. The number of carbonyl (C=O) groups is 4. The van der Waals surface area contributed by atoms with Crippen molar-refractivity contribution in [3.63, 3.8) is 0 Å². The molecule has 5 atom stereocenters. The highest BCUT2D eigenvalue weighted by Gasteiger charge is 2.62. The SMILES string of the molecule is C=C[C@@H]1C[C@]1(NC(=O)[C@@H]1C[C@@H](Oc2cc(-c3csc(NC(C)C)n3)nc3cc(OC)ccc23)CN1C(=O)[C@@H]1CCCC(=O)N1)C(=O)NS(=O)(=O)C1CC1. The molecule has 2 aliphatic heterocycles. The number of anilines is 1. The minimum atomic E-state index is -3.88. The van der Waals surface area contributed by atoms with Crippen molar-refractivity contribution in [1.29, 1.82) is 0 Å². The van der Waals surface area contributed by atoms with Crippen LogP contribution in [0.15, 0.2) is 42.3 Å². The molecule has 17 heteroatoms. The summed E-state index contributed by atoms with van der Waals surface area (Å²) in [6.45, 7) is 7.83. The van der Waals surface area contributed by atoms with Crippen molar-refractivity contribution in [2.45, 2.75) is 93.8 Å². The van der Waals surface area contributed by atoms with Crippen LogP contribution in [0, 0.1) is 5.92 Å². The van der Waals surface area contributed by atoms with E-state index in [1.807, 2.05) is 25.3 Å². The molecule has 4 N–H and O–H groups in total. The quantitative estimate of drug-likeness (QED) is 0.187. The summed E-state index contributed by atoms with van der Waals surface area (Å²) in [5, 5.41) is 11.5. The minimum Gasteiger partial charge on any atom is -0.497 e. The van der Waals surface area contributed by atoms with Gasteiger partial charge in [-0.2, -0.15) is 0 Å². The first kappa shape index (κ1) is 36.6. The van der Waals surface area contributed by atoms with Gasteiger partial charge in [-0.15, -0.1) is 17.9 Å². The number of amides is 4.